The number of hydrogen-bond acceptors (Lipinski definition) is 4. The molecule has 0 aliphatic heterocycles. The fourth-order valence-electron chi connectivity index (χ4n) is 1.42. The summed E-state index contributed by atoms with van der Waals surface area (Å²) in [4.78, 5) is 4.00. The van der Waals surface area contributed by atoms with Crippen molar-refractivity contribution in [2.75, 3.05) is 20.3 Å². The number of aryl methyl sites for hydroxylation is 1. The molecule has 0 saturated heterocycles. The summed E-state index contributed by atoms with van der Waals surface area (Å²) in [5.41, 5.74) is 0. The molecule has 0 unspecified atom stereocenters. The molecule has 1 rings (SSSR count). The van der Waals surface area contributed by atoms with E-state index in [0.717, 1.165) is 0 Å². The normalized spacial score (nSPS) is 12.0. The Balaban J connectivity index is 2.31. The van der Waals surface area contributed by atoms with Gasteiger partial charge in [-0.1, -0.05) is 0 Å². The lowest BCUT2D eigenvalue weighted by Crippen LogP contribution is -2.21. The zero-order valence-corrected chi connectivity index (χ0v) is 10.2. The van der Waals surface area contributed by atoms with Crippen molar-refractivity contribution < 1.29 is 17.9 Å². The van der Waals surface area contributed by atoms with Crippen LogP contribution in [0.1, 0.15) is 18.7 Å². The zero-order valence-electron chi connectivity index (χ0n) is 10.2. The van der Waals surface area contributed by atoms with E-state index in [1.807, 2.05) is 0 Å². The summed E-state index contributed by atoms with van der Waals surface area (Å²) in [6.45, 7) is 1.92. The van der Waals surface area contributed by atoms with Crippen LogP contribution in [0.3, 0.4) is 0 Å². The highest BCUT2D eigenvalue weighted by atomic mass is 19.4. The van der Waals surface area contributed by atoms with Gasteiger partial charge in [-0.15, -0.1) is 0 Å². The Labute approximate surface area is 103 Å². The van der Waals surface area contributed by atoms with E-state index in [4.69, 9.17) is 4.74 Å². The van der Waals surface area contributed by atoms with Crippen LogP contribution < -0.4 is 5.32 Å². The number of halogens is 3. The Morgan fingerprint density at radius 1 is 1.44 bits per heavy atom. The Morgan fingerprint density at radius 2 is 2.22 bits per heavy atom. The monoisotopic (exact) mass is 266 g/mol. The minimum atomic E-state index is -4.11. The first kappa shape index (κ1) is 14.9. The highest BCUT2D eigenvalue weighted by Crippen LogP contribution is 2.21. The summed E-state index contributed by atoms with van der Waals surface area (Å²) >= 11 is 0. The van der Waals surface area contributed by atoms with Gasteiger partial charge >= 0.3 is 6.18 Å². The summed E-state index contributed by atoms with van der Waals surface area (Å²) in [6, 6.07) is 0. The molecular formula is C10H17F3N4O. The molecule has 104 valence electrons. The first-order valence-corrected chi connectivity index (χ1v) is 5.66. The Bertz CT molecular complexity index is 340. The van der Waals surface area contributed by atoms with Crippen molar-refractivity contribution in [2.45, 2.75) is 32.1 Å². The van der Waals surface area contributed by atoms with Crippen LogP contribution in [0.2, 0.25) is 0 Å². The van der Waals surface area contributed by atoms with E-state index in [2.05, 4.69) is 15.4 Å². The van der Waals surface area contributed by atoms with Gasteiger partial charge in [0.2, 0.25) is 0 Å². The molecule has 0 aromatic carbocycles. The third-order valence-electron chi connectivity index (χ3n) is 2.29. The molecule has 1 aromatic rings. The highest BCUT2D eigenvalue weighted by Gasteiger charge is 2.26. The zero-order chi connectivity index (χ0) is 13.4. The van der Waals surface area contributed by atoms with Gasteiger partial charge in [-0.2, -0.15) is 18.3 Å². The number of alkyl halides is 3. The van der Waals surface area contributed by atoms with Crippen LogP contribution in [0, 0.1) is 0 Å². The van der Waals surface area contributed by atoms with Crippen molar-refractivity contribution in [1.29, 1.82) is 0 Å². The molecule has 0 amide bonds. The van der Waals surface area contributed by atoms with E-state index in [1.54, 1.807) is 7.11 Å². The highest BCUT2D eigenvalue weighted by molar-refractivity contribution is 4.83. The first-order chi connectivity index (χ1) is 8.53. The molecule has 0 radical (unpaired) electrons. The van der Waals surface area contributed by atoms with E-state index in [-0.39, 0.29) is 13.0 Å². The maximum absolute atomic E-state index is 12.0. The average Bonchev–Trinajstić information content (AvgIpc) is 2.71. The second kappa shape index (κ2) is 7.32. The Morgan fingerprint density at radius 3 is 2.89 bits per heavy atom. The van der Waals surface area contributed by atoms with Crippen LogP contribution >= 0.6 is 0 Å². The van der Waals surface area contributed by atoms with Crippen molar-refractivity contribution in [1.82, 2.24) is 20.1 Å². The molecule has 5 nitrogen and oxygen atoms in total. The summed E-state index contributed by atoms with van der Waals surface area (Å²) in [5.74, 6) is 0.633. The number of methoxy groups -OCH3 is 1. The fraction of sp³-hybridized carbons (Fsp3) is 0.800. The van der Waals surface area contributed by atoms with Crippen LogP contribution in [-0.2, 0) is 17.8 Å². The Hall–Kier alpha value is -1.15. The van der Waals surface area contributed by atoms with Gasteiger partial charge in [0, 0.05) is 26.6 Å². The van der Waals surface area contributed by atoms with Crippen LogP contribution in [-0.4, -0.2) is 41.2 Å². The minimum absolute atomic E-state index is 0.0118. The molecule has 1 N–H and O–H groups in total. The van der Waals surface area contributed by atoms with Gasteiger partial charge in [-0.3, -0.25) is 0 Å². The first-order valence-electron chi connectivity index (χ1n) is 5.66. The molecule has 0 spiro atoms. The van der Waals surface area contributed by atoms with E-state index >= 15 is 0 Å². The van der Waals surface area contributed by atoms with Gasteiger partial charge < -0.3 is 10.1 Å². The molecule has 0 aliphatic rings. The van der Waals surface area contributed by atoms with Crippen LogP contribution in [0.4, 0.5) is 13.2 Å². The van der Waals surface area contributed by atoms with Crippen LogP contribution in [0.15, 0.2) is 6.33 Å². The van der Waals surface area contributed by atoms with E-state index in [0.29, 0.717) is 25.5 Å². The lowest BCUT2D eigenvalue weighted by molar-refractivity contribution is -0.136. The molecule has 1 aromatic heterocycles. The van der Waals surface area contributed by atoms with Crippen molar-refractivity contribution in [3.63, 3.8) is 0 Å². The van der Waals surface area contributed by atoms with Gasteiger partial charge in [0.25, 0.3) is 0 Å². The molecule has 0 bridgehead atoms. The molecule has 0 saturated carbocycles. The molecule has 0 atom stereocenters. The summed E-state index contributed by atoms with van der Waals surface area (Å²) in [5, 5.41) is 6.97. The third kappa shape index (κ3) is 5.97. The number of aromatic nitrogens is 3. The van der Waals surface area contributed by atoms with Crippen molar-refractivity contribution in [3.8, 4) is 0 Å². The van der Waals surface area contributed by atoms with Gasteiger partial charge in [0.05, 0.1) is 13.2 Å². The maximum Gasteiger partial charge on any atom is 0.389 e. The predicted molar refractivity (Wildman–Crippen MR) is 58.9 cm³/mol. The average molecular weight is 266 g/mol. The van der Waals surface area contributed by atoms with Gasteiger partial charge in [0.1, 0.15) is 12.2 Å². The van der Waals surface area contributed by atoms with Crippen molar-refractivity contribution >= 4 is 0 Å². The minimum Gasteiger partial charge on any atom is -0.383 e. The largest absolute Gasteiger partial charge is 0.389 e. The summed E-state index contributed by atoms with van der Waals surface area (Å²) in [6.07, 6.45) is -3.56. The number of hydrogen-bond donors (Lipinski definition) is 1. The molecule has 1 heterocycles. The second-order valence-corrected chi connectivity index (χ2v) is 3.79. The number of ether oxygens (including phenoxy) is 1. The summed E-state index contributed by atoms with van der Waals surface area (Å²) < 4.78 is 42.4. The molecular weight excluding hydrogens is 249 g/mol. The van der Waals surface area contributed by atoms with Crippen LogP contribution in [0.5, 0.6) is 0 Å². The third-order valence-corrected chi connectivity index (χ3v) is 2.29. The molecule has 0 fully saturated rings. The van der Waals surface area contributed by atoms with E-state index in [1.165, 1.54) is 11.0 Å². The van der Waals surface area contributed by atoms with Crippen LogP contribution in [0.25, 0.3) is 0 Å². The van der Waals surface area contributed by atoms with Crippen molar-refractivity contribution in [2.24, 2.45) is 0 Å². The quantitative estimate of drug-likeness (QED) is 0.722. The van der Waals surface area contributed by atoms with E-state index < -0.39 is 12.6 Å². The fourth-order valence-corrected chi connectivity index (χ4v) is 1.42. The lowest BCUT2D eigenvalue weighted by Gasteiger charge is -2.08. The van der Waals surface area contributed by atoms with Gasteiger partial charge in [-0.05, 0) is 6.42 Å². The topological polar surface area (TPSA) is 52.0 Å². The molecule has 8 heteroatoms. The summed E-state index contributed by atoms with van der Waals surface area (Å²) in [7, 11) is 1.60. The number of nitrogens with one attached hydrogen (secondary N) is 1. The smallest absolute Gasteiger partial charge is 0.383 e. The van der Waals surface area contributed by atoms with Gasteiger partial charge in [0.15, 0.2) is 0 Å². The SMILES string of the molecule is COCCNCc1ncnn1CCCC(F)(F)F. The number of rotatable bonds is 8. The maximum atomic E-state index is 12.0. The number of nitrogens with zero attached hydrogens (tertiary/aromatic N) is 3. The molecule has 0 aliphatic carbocycles. The lowest BCUT2D eigenvalue weighted by atomic mass is 10.3. The molecule has 18 heavy (non-hydrogen) atoms. The second-order valence-electron chi connectivity index (χ2n) is 3.79. The van der Waals surface area contributed by atoms with Gasteiger partial charge in [-0.25, -0.2) is 9.67 Å². The van der Waals surface area contributed by atoms with Crippen molar-refractivity contribution in [3.05, 3.63) is 12.2 Å². The standard InChI is InChI=1S/C10H17F3N4O/c1-18-6-4-14-7-9-15-8-16-17(9)5-2-3-10(11,12)13/h8,14H,2-7H2,1H3. The van der Waals surface area contributed by atoms with E-state index in [9.17, 15) is 13.2 Å². The Kier molecular flexibility index (Phi) is 6.06. The predicted octanol–water partition coefficient (Wildman–Crippen LogP) is 1.36.